The number of ether oxygens (including phenoxy) is 2. The van der Waals surface area contributed by atoms with E-state index in [-0.39, 0.29) is 5.54 Å². The highest BCUT2D eigenvalue weighted by atomic mass is 28.3. The molecule has 0 radical (unpaired) electrons. The van der Waals surface area contributed by atoms with Gasteiger partial charge in [0.05, 0.1) is 5.54 Å². The average Bonchev–Trinajstić information content (AvgIpc) is 3.32. The fourth-order valence-electron chi connectivity index (χ4n) is 9.79. The van der Waals surface area contributed by atoms with Gasteiger partial charge in [0.15, 0.2) is 29.8 Å². The first-order valence-electron chi connectivity index (χ1n) is 22.0. The van der Waals surface area contributed by atoms with Crippen molar-refractivity contribution < 1.29 is 9.47 Å². The van der Waals surface area contributed by atoms with Crippen LogP contribution < -0.4 is 44.9 Å². The number of aryl methyl sites for hydroxylation is 2. The third kappa shape index (κ3) is 7.68. The summed E-state index contributed by atoms with van der Waals surface area (Å²) in [5.74, 6) is 2.11. The normalized spacial score (nSPS) is 14.8. The first-order valence-corrected chi connectivity index (χ1v) is 27.0. The van der Waals surface area contributed by atoms with Crippen molar-refractivity contribution >= 4 is 53.6 Å². The number of fused-ring (bicyclic) bond motifs is 2. The van der Waals surface area contributed by atoms with E-state index in [2.05, 4.69) is 257 Å². The van der Waals surface area contributed by atoms with Gasteiger partial charge in [0.25, 0.3) is 0 Å². The third-order valence-electron chi connectivity index (χ3n) is 13.1. The van der Waals surface area contributed by atoms with E-state index < -0.39 is 16.3 Å². The smallest absolute Gasteiger partial charge is 0.190 e. The number of anilines is 2. The Morgan fingerprint density at radius 3 is 1.46 bits per heavy atom. The molecule has 4 nitrogen and oxygen atoms in total. The molecule has 0 unspecified atom stereocenters. The molecular weight excluding hydrogens is 801 g/mol. The first kappa shape index (κ1) is 41.7. The van der Waals surface area contributed by atoms with E-state index in [0.717, 1.165) is 11.5 Å². The van der Waals surface area contributed by atoms with Crippen LogP contribution in [0.3, 0.4) is 0 Å². The van der Waals surface area contributed by atoms with Crippen LogP contribution in [0.25, 0.3) is 11.1 Å². The van der Waals surface area contributed by atoms with Gasteiger partial charge in [0.2, 0.25) is 0 Å². The maximum Gasteiger partial charge on any atom is 0.190 e. The lowest BCUT2D eigenvalue weighted by Crippen LogP contribution is -2.75. The Balaban J connectivity index is 0.000000174. The van der Waals surface area contributed by atoms with E-state index in [4.69, 9.17) is 9.47 Å². The summed E-state index contributed by atoms with van der Waals surface area (Å²) < 4.78 is 15.6. The molecule has 0 amide bonds. The molecule has 0 fully saturated rings. The molecule has 314 valence electrons. The van der Waals surface area contributed by atoms with Crippen LogP contribution >= 0.6 is 0 Å². The molecule has 8 aromatic rings. The van der Waals surface area contributed by atoms with E-state index in [1.54, 1.807) is 0 Å². The third-order valence-corrected chi connectivity index (χ3v) is 21.3. The molecule has 0 aliphatic carbocycles. The zero-order valence-electron chi connectivity index (χ0n) is 37.3. The minimum absolute atomic E-state index is 0.250. The van der Waals surface area contributed by atoms with Crippen LogP contribution in [0.5, 0.6) is 11.5 Å². The number of nitrogens with zero attached hydrogens (tertiary/aromatic N) is 2. The predicted molar refractivity (Wildman–Crippen MR) is 270 cm³/mol. The van der Waals surface area contributed by atoms with Gasteiger partial charge in [0.1, 0.15) is 11.5 Å². The van der Waals surface area contributed by atoms with E-state index in [0.29, 0.717) is 13.5 Å². The zero-order valence-corrected chi connectivity index (χ0v) is 39.3. The van der Waals surface area contributed by atoms with E-state index >= 15 is 0 Å². The summed E-state index contributed by atoms with van der Waals surface area (Å²) in [6, 6.07) is 74.3. The van der Waals surface area contributed by atoms with Crippen molar-refractivity contribution in [3.8, 4) is 22.6 Å². The fraction of sp³-hybridized carbons (Fsp3) is 0.158. The second kappa shape index (κ2) is 17.3. The van der Waals surface area contributed by atoms with Crippen molar-refractivity contribution in [2.24, 2.45) is 0 Å². The van der Waals surface area contributed by atoms with Gasteiger partial charge in [-0.15, -0.1) is 0 Å². The molecular formula is C57H56N2O2Si2. The van der Waals surface area contributed by atoms with Gasteiger partial charge in [-0.2, -0.15) is 0 Å². The number of rotatable bonds is 7. The van der Waals surface area contributed by atoms with Gasteiger partial charge >= 0.3 is 0 Å². The quantitative estimate of drug-likeness (QED) is 0.118. The number of benzene rings is 8. The minimum Gasteiger partial charge on any atom is -0.473 e. The maximum atomic E-state index is 6.84. The molecule has 0 N–H and O–H groups in total. The highest BCUT2D eigenvalue weighted by molar-refractivity contribution is 7.20. The number of hydrogen-bond acceptors (Lipinski definition) is 4. The van der Waals surface area contributed by atoms with Crippen LogP contribution in [0.4, 0.5) is 11.4 Å². The zero-order chi connectivity index (χ0) is 43.6. The fourth-order valence-corrected chi connectivity index (χ4v) is 17.6. The van der Waals surface area contributed by atoms with Crippen LogP contribution in [0, 0.1) is 13.8 Å². The Morgan fingerprint density at radius 2 is 0.937 bits per heavy atom. The molecule has 2 aliphatic heterocycles. The van der Waals surface area contributed by atoms with Crippen LogP contribution in [0.15, 0.2) is 206 Å². The van der Waals surface area contributed by atoms with Gasteiger partial charge in [-0.05, 0) is 97.4 Å². The predicted octanol–water partition coefficient (Wildman–Crippen LogP) is 10.4. The molecule has 0 saturated carbocycles. The maximum absolute atomic E-state index is 6.84. The standard InChI is InChI=1S/C35H33NOSi.C22H23NOSi/c1-27-24-32-34(37-26-36(35(32,2)3)28-16-8-4-9-17-28)33(25-27)38(29-18-10-5-11-19-29,30-20-12-6-13-21-30)31-22-14-7-15-23-31;1-17-14-20(18-10-6-4-7-11-18)22-21(15-17)25(2,3)23(16-24-22)19-12-8-5-9-13-19/h4-25H,26H2,1-3H3;4-15H,16H2,1-3H3. The van der Waals surface area contributed by atoms with E-state index in [9.17, 15) is 0 Å². The van der Waals surface area contributed by atoms with Crippen molar-refractivity contribution in [3.05, 3.63) is 223 Å². The van der Waals surface area contributed by atoms with Gasteiger partial charge in [-0.3, -0.25) is 0 Å². The Hall–Kier alpha value is -6.61. The Bertz CT molecular complexity index is 2710. The molecule has 0 aromatic heterocycles. The lowest BCUT2D eigenvalue weighted by Gasteiger charge is -2.47. The Morgan fingerprint density at radius 1 is 0.492 bits per heavy atom. The van der Waals surface area contributed by atoms with Gasteiger partial charge in [-0.25, -0.2) is 0 Å². The van der Waals surface area contributed by atoms with Crippen LogP contribution in [0.2, 0.25) is 13.1 Å². The molecule has 0 saturated heterocycles. The van der Waals surface area contributed by atoms with Gasteiger partial charge in [-0.1, -0.05) is 187 Å². The summed E-state index contributed by atoms with van der Waals surface area (Å²) in [7, 11) is -4.59. The highest BCUT2D eigenvalue weighted by Gasteiger charge is 2.47. The molecule has 10 rings (SSSR count). The minimum atomic E-state index is -2.72. The summed E-state index contributed by atoms with van der Waals surface area (Å²) in [5, 5.41) is 6.77. The second-order valence-electron chi connectivity index (χ2n) is 17.8. The summed E-state index contributed by atoms with van der Waals surface area (Å²) in [6.07, 6.45) is 0. The van der Waals surface area contributed by atoms with Crippen molar-refractivity contribution in [3.63, 3.8) is 0 Å². The van der Waals surface area contributed by atoms with Crippen molar-refractivity contribution in [1.29, 1.82) is 0 Å². The van der Waals surface area contributed by atoms with Crippen LogP contribution in [-0.4, -0.2) is 29.8 Å². The van der Waals surface area contributed by atoms with Gasteiger partial charge < -0.3 is 18.9 Å². The summed E-state index contributed by atoms with van der Waals surface area (Å²) >= 11 is 0. The molecule has 0 spiro atoms. The first-order chi connectivity index (χ1) is 30.6. The molecule has 2 aliphatic rings. The largest absolute Gasteiger partial charge is 0.473 e. The molecule has 2 heterocycles. The van der Waals surface area contributed by atoms with Crippen molar-refractivity contribution in [2.45, 2.75) is 46.3 Å². The summed E-state index contributed by atoms with van der Waals surface area (Å²) in [6.45, 7) is 15.0. The SMILES string of the molecule is Cc1cc(-c2ccccc2)c2c(c1)[Si](C)(C)N(c1ccccc1)CO2.Cc1cc2c(c([Si](c3ccccc3)(c3ccccc3)c3ccccc3)c1)OCN(c1ccccc1)C2(C)C. The highest BCUT2D eigenvalue weighted by Crippen LogP contribution is 2.42. The topological polar surface area (TPSA) is 24.9 Å². The molecule has 63 heavy (non-hydrogen) atoms. The van der Waals surface area contributed by atoms with Crippen LogP contribution in [0.1, 0.15) is 30.5 Å². The van der Waals surface area contributed by atoms with Crippen molar-refractivity contribution in [2.75, 3.05) is 22.9 Å². The van der Waals surface area contributed by atoms with Crippen molar-refractivity contribution in [1.82, 2.24) is 0 Å². The average molecular weight is 857 g/mol. The molecule has 0 atom stereocenters. The Labute approximate surface area is 376 Å². The van der Waals surface area contributed by atoms with Crippen LogP contribution in [-0.2, 0) is 5.54 Å². The second-order valence-corrected chi connectivity index (χ2v) is 25.8. The monoisotopic (exact) mass is 856 g/mol. The Kier molecular flexibility index (Phi) is 11.4. The van der Waals surface area contributed by atoms with Gasteiger partial charge in [0, 0.05) is 27.7 Å². The molecule has 6 heteroatoms. The lowest BCUT2D eigenvalue weighted by molar-refractivity contribution is 0.238. The number of para-hydroxylation sites is 2. The summed E-state index contributed by atoms with van der Waals surface area (Å²) in [4.78, 5) is 2.37. The lowest BCUT2D eigenvalue weighted by atomic mass is 9.88. The molecule has 8 aromatic carbocycles. The van der Waals surface area contributed by atoms with E-state index in [1.165, 1.54) is 65.1 Å². The summed E-state index contributed by atoms with van der Waals surface area (Å²) in [5.41, 5.74) is 8.38. The number of hydrogen-bond donors (Lipinski definition) is 0. The molecule has 0 bridgehead atoms. The van der Waals surface area contributed by atoms with E-state index in [1.807, 2.05) is 0 Å².